The third-order valence-corrected chi connectivity index (χ3v) is 4.11. The molecule has 1 aliphatic rings. The normalized spacial score (nSPS) is 15.0. The van der Waals surface area contributed by atoms with E-state index in [1.54, 1.807) is 6.92 Å². The second-order valence-electron chi connectivity index (χ2n) is 4.64. The molecule has 0 amide bonds. The van der Waals surface area contributed by atoms with Gasteiger partial charge in [-0.2, -0.15) is 0 Å². The lowest BCUT2D eigenvalue weighted by Crippen LogP contribution is -2.20. The van der Waals surface area contributed by atoms with Gasteiger partial charge >= 0.3 is 0 Å². The minimum Gasteiger partial charge on any atom is -0.486 e. The van der Waals surface area contributed by atoms with Crippen molar-refractivity contribution in [3.05, 3.63) is 29.7 Å². The van der Waals surface area contributed by atoms with Gasteiger partial charge < -0.3 is 19.2 Å². The van der Waals surface area contributed by atoms with E-state index in [1.165, 1.54) is 11.8 Å². The Morgan fingerprint density at radius 2 is 2.05 bits per heavy atom. The van der Waals surface area contributed by atoms with Gasteiger partial charge in [-0.25, -0.2) is 0 Å². The zero-order valence-corrected chi connectivity index (χ0v) is 12.8. The fourth-order valence-electron chi connectivity index (χ4n) is 2.11. The predicted octanol–water partition coefficient (Wildman–Crippen LogP) is 2.20. The monoisotopic (exact) mass is 307 g/mol. The SMILES string of the molecule is CNC(CSc1nnc(C)o1)c1ccc2c(c1)OCCO2. The fraction of sp³-hybridized carbons (Fsp3) is 0.429. The number of nitrogens with zero attached hydrogens (tertiary/aromatic N) is 2. The maximum atomic E-state index is 5.62. The van der Waals surface area contributed by atoms with Crippen molar-refractivity contribution < 1.29 is 13.9 Å². The summed E-state index contributed by atoms with van der Waals surface area (Å²) < 4.78 is 16.5. The molecule has 0 saturated carbocycles. The first-order chi connectivity index (χ1) is 10.3. The lowest BCUT2D eigenvalue weighted by atomic mass is 10.1. The number of nitrogens with one attached hydrogen (secondary N) is 1. The van der Waals surface area contributed by atoms with Crippen molar-refractivity contribution >= 4 is 11.8 Å². The van der Waals surface area contributed by atoms with E-state index in [9.17, 15) is 0 Å². The highest BCUT2D eigenvalue weighted by atomic mass is 32.2. The molecule has 21 heavy (non-hydrogen) atoms. The standard InChI is InChI=1S/C14H17N3O3S/c1-9-16-17-14(20-9)21-8-11(15-2)10-3-4-12-13(7-10)19-6-5-18-12/h3-4,7,11,15H,5-6,8H2,1-2H3. The van der Waals surface area contributed by atoms with E-state index >= 15 is 0 Å². The number of hydrogen-bond acceptors (Lipinski definition) is 7. The third-order valence-electron chi connectivity index (χ3n) is 3.20. The number of fused-ring (bicyclic) bond motifs is 1. The van der Waals surface area contributed by atoms with Crippen molar-refractivity contribution in [1.82, 2.24) is 15.5 Å². The average molecular weight is 307 g/mol. The van der Waals surface area contributed by atoms with Gasteiger partial charge in [0.2, 0.25) is 5.89 Å². The molecule has 1 atom stereocenters. The first-order valence-corrected chi connectivity index (χ1v) is 7.74. The Hall–Kier alpha value is -1.73. The first kappa shape index (κ1) is 14.2. The Kier molecular flexibility index (Phi) is 4.31. The molecule has 0 bridgehead atoms. The largest absolute Gasteiger partial charge is 0.486 e. The summed E-state index contributed by atoms with van der Waals surface area (Å²) in [6.45, 7) is 2.98. The highest BCUT2D eigenvalue weighted by Crippen LogP contribution is 2.33. The van der Waals surface area contributed by atoms with Crippen LogP contribution in [0.4, 0.5) is 0 Å². The van der Waals surface area contributed by atoms with Crippen molar-refractivity contribution in [2.24, 2.45) is 0 Å². The van der Waals surface area contributed by atoms with Gasteiger partial charge in [0, 0.05) is 18.7 Å². The quantitative estimate of drug-likeness (QED) is 0.849. The summed E-state index contributed by atoms with van der Waals surface area (Å²) in [5, 5.41) is 11.7. The molecular formula is C14H17N3O3S. The van der Waals surface area contributed by atoms with Gasteiger partial charge in [-0.05, 0) is 24.7 Å². The first-order valence-electron chi connectivity index (χ1n) is 6.76. The molecule has 1 aromatic heterocycles. The Morgan fingerprint density at radius 1 is 1.24 bits per heavy atom. The van der Waals surface area contributed by atoms with Crippen LogP contribution in [0.3, 0.4) is 0 Å². The van der Waals surface area contributed by atoms with Gasteiger partial charge in [0.25, 0.3) is 5.22 Å². The van der Waals surface area contributed by atoms with E-state index in [1.807, 2.05) is 25.2 Å². The molecule has 112 valence electrons. The van der Waals surface area contributed by atoms with Crippen LogP contribution in [0, 0.1) is 6.92 Å². The molecule has 2 heterocycles. The van der Waals surface area contributed by atoms with E-state index in [-0.39, 0.29) is 6.04 Å². The second kappa shape index (κ2) is 6.36. The van der Waals surface area contributed by atoms with Crippen molar-refractivity contribution in [3.8, 4) is 11.5 Å². The number of thioether (sulfide) groups is 1. The number of aromatic nitrogens is 2. The summed E-state index contributed by atoms with van der Waals surface area (Å²) in [4.78, 5) is 0. The lowest BCUT2D eigenvalue weighted by Gasteiger charge is -2.21. The second-order valence-corrected chi connectivity index (χ2v) is 5.61. The van der Waals surface area contributed by atoms with Gasteiger partial charge in [-0.15, -0.1) is 10.2 Å². The van der Waals surface area contributed by atoms with E-state index < -0.39 is 0 Å². The Labute approximate surface area is 127 Å². The molecule has 0 fully saturated rings. The highest BCUT2D eigenvalue weighted by molar-refractivity contribution is 7.99. The van der Waals surface area contributed by atoms with Gasteiger partial charge in [0.05, 0.1) is 0 Å². The van der Waals surface area contributed by atoms with Crippen molar-refractivity contribution in [3.63, 3.8) is 0 Å². The van der Waals surface area contributed by atoms with Crippen LogP contribution in [0.1, 0.15) is 17.5 Å². The van der Waals surface area contributed by atoms with Gasteiger partial charge in [0.15, 0.2) is 11.5 Å². The number of aryl methyl sites for hydroxylation is 1. The Morgan fingerprint density at radius 3 is 2.76 bits per heavy atom. The number of rotatable bonds is 5. The molecule has 0 saturated heterocycles. The third kappa shape index (κ3) is 3.30. The molecular weight excluding hydrogens is 290 g/mol. The number of ether oxygens (including phenoxy) is 2. The molecule has 1 unspecified atom stereocenters. The van der Waals surface area contributed by atoms with Crippen LogP contribution in [0.5, 0.6) is 11.5 Å². The van der Waals surface area contributed by atoms with Gasteiger partial charge in [-0.1, -0.05) is 17.8 Å². The summed E-state index contributed by atoms with van der Waals surface area (Å²) in [5.41, 5.74) is 1.14. The lowest BCUT2D eigenvalue weighted by molar-refractivity contribution is 0.171. The van der Waals surface area contributed by atoms with Gasteiger partial charge in [-0.3, -0.25) is 0 Å². The van der Waals surface area contributed by atoms with Crippen LogP contribution in [0.25, 0.3) is 0 Å². The molecule has 1 aromatic carbocycles. The summed E-state index contributed by atoms with van der Waals surface area (Å²) in [5.74, 6) is 2.98. The number of benzene rings is 1. The van der Waals surface area contributed by atoms with Crippen LogP contribution < -0.4 is 14.8 Å². The van der Waals surface area contributed by atoms with Crippen LogP contribution in [-0.2, 0) is 0 Å². The smallest absolute Gasteiger partial charge is 0.276 e. The maximum Gasteiger partial charge on any atom is 0.276 e. The van der Waals surface area contributed by atoms with E-state index in [4.69, 9.17) is 13.9 Å². The van der Waals surface area contributed by atoms with Crippen molar-refractivity contribution in [1.29, 1.82) is 0 Å². The molecule has 6 nitrogen and oxygen atoms in total. The molecule has 2 aromatic rings. The van der Waals surface area contributed by atoms with Crippen molar-refractivity contribution in [2.75, 3.05) is 26.0 Å². The highest BCUT2D eigenvalue weighted by Gasteiger charge is 2.17. The zero-order chi connectivity index (χ0) is 14.7. The van der Waals surface area contributed by atoms with E-state index in [0.29, 0.717) is 24.3 Å². The summed E-state index contributed by atoms with van der Waals surface area (Å²) in [7, 11) is 1.93. The maximum absolute atomic E-state index is 5.62. The van der Waals surface area contributed by atoms with Crippen LogP contribution in [0.15, 0.2) is 27.8 Å². The fourth-order valence-corrected chi connectivity index (χ4v) is 3.06. The Balaban J connectivity index is 1.70. The molecule has 7 heteroatoms. The minimum absolute atomic E-state index is 0.165. The average Bonchev–Trinajstić information content (AvgIpc) is 2.93. The summed E-state index contributed by atoms with van der Waals surface area (Å²) in [6, 6.07) is 6.19. The van der Waals surface area contributed by atoms with Crippen LogP contribution in [-0.4, -0.2) is 36.2 Å². The summed E-state index contributed by atoms with van der Waals surface area (Å²) >= 11 is 1.53. The summed E-state index contributed by atoms with van der Waals surface area (Å²) in [6.07, 6.45) is 0. The molecule has 0 radical (unpaired) electrons. The molecule has 3 rings (SSSR count). The Bertz CT molecular complexity index is 617. The minimum atomic E-state index is 0.165. The van der Waals surface area contributed by atoms with Gasteiger partial charge in [0.1, 0.15) is 13.2 Å². The zero-order valence-electron chi connectivity index (χ0n) is 12.0. The van der Waals surface area contributed by atoms with E-state index in [2.05, 4.69) is 15.5 Å². The van der Waals surface area contributed by atoms with Crippen LogP contribution >= 0.6 is 11.8 Å². The molecule has 1 N–H and O–H groups in total. The topological polar surface area (TPSA) is 69.4 Å². The van der Waals surface area contributed by atoms with E-state index in [0.717, 1.165) is 22.8 Å². The van der Waals surface area contributed by atoms with Crippen LogP contribution in [0.2, 0.25) is 0 Å². The molecule has 0 spiro atoms. The molecule has 1 aliphatic heterocycles. The number of hydrogen-bond donors (Lipinski definition) is 1. The predicted molar refractivity (Wildman–Crippen MR) is 79.0 cm³/mol. The molecule has 0 aliphatic carbocycles. The van der Waals surface area contributed by atoms with Crippen molar-refractivity contribution in [2.45, 2.75) is 18.2 Å².